The van der Waals surface area contributed by atoms with Gasteiger partial charge in [0.2, 0.25) is 0 Å². The lowest BCUT2D eigenvalue weighted by atomic mass is 9.88. The number of rotatable bonds is 8. The van der Waals surface area contributed by atoms with E-state index in [0.29, 0.717) is 28.2 Å². The van der Waals surface area contributed by atoms with Crippen LogP contribution in [0.1, 0.15) is 201 Å². The van der Waals surface area contributed by atoms with Crippen LogP contribution in [0.15, 0.2) is 164 Å². The summed E-state index contributed by atoms with van der Waals surface area (Å²) in [4.78, 5) is 0. The van der Waals surface area contributed by atoms with Crippen LogP contribution >= 0.6 is 0 Å². The first-order chi connectivity index (χ1) is 40.4. The highest BCUT2D eigenvalue weighted by Gasteiger charge is 2.31. The molecule has 0 saturated heterocycles. The summed E-state index contributed by atoms with van der Waals surface area (Å²) in [6.45, 7) is 51.7. The molecule has 7 aromatic rings. The Labute approximate surface area is 536 Å². The van der Waals surface area contributed by atoms with Gasteiger partial charge in [0.1, 0.15) is 29.0 Å². The molecule has 0 fully saturated rings. The summed E-state index contributed by atoms with van der Waals surface area (Å²) in [6.07, 6.45) is 2.20. The molecule has 0 bridgehead atoms. The van der Waals surface area contributed by atoms with Crippen molar-refractivity contribution in [3.63, 3.8) is 0 Å². The molecule has 0 spiro atoms. The molecule has 0 N–H and O–H groups in total. The molecule has 7 aromatic carbocycles. The summed E-state index contributed by atoms with van der Waals surface area (Å²) in [7, 11) is 0. The van der Waals surface area contributed by atoms with Gasteiger partial charge in [-0.3, -0.25) is 0 Å². The van der Waals surface area contributed by atoms with E-state index in [9.17, 15) is 30.7 Å². The normalized spacial score (nSPS) is 11.9. The first-order valence-corrected chi connectivity index (χ1v) is 31.3. The molecule has 0 heterocycles. The Balaban J connectivity index is 0.000000521. The minimum atomic E-state index is -4.62. The number of ether oxygens (including phenoxy) is 1. The monoisotopic (exact) mass is 1230 g/mol. The van der Waals surface area contributed by atoms with Crippen LogP contribution in [0.4, 0.5) is 30.7 Å². The molecule has 0 atom stereocenters. The molecule has 492 valence electrons. The average Bonchev–Trinajstić information content (AvgIpc) is 3.42. The fraction of sp³-hybridized carbons (Fsp3) is 0.481. The lowest BCUT2D eigenvalue weighted by Crippen LogP contribution is -2.17. The lowest BCUT2D eigenvalue weighted by Gasteiger charge is -2.18. The first kappa shape index (κ1) is 80.9. The zero-order chi connectivity index (χ0) is 68.4. The van der Waals surface area contributed by atoms with E-state index in [4.69, 9.17) is 0 Å². The highest BCUT2D eigenvalue weighted by molar-refractivity contribution is 5.29. The Morgan fingerprint density at radius 1 is 0.270 bits per heavy atom. The van der Waals surface area contributed by atoms with Crippen LogP contribution in [-0.4, -0.2) is 6.36 Å². The minimum Gasteiger partial charge on any atom is -0.406 e. The van der Waals surface area contributed by atoms with Gasteiger partial charge in [0.15, 0.2) is 0 Å². The van der Waals surface area contributed by atoms with Crippen molar-refractivity contribution in [3.8, 4) is 5.75 Å². The van der Waals surface area contributed by atoms with E-state index >= 15 is 0 Å². The Bertz CT molecular complexity index is 2940. The van der Waals surface area contributed by atoms with Crippen molar-refractivity contribution in [2.45, 2.75) is 217 Å². The molecule has 0 aromatic heterocycles. The van der Waals surface area contributed by atoms with Crippen molar-refractivity contribution >= 4 is 0 Å². The van der Waals surface area contributed by atoms with Gasteiger partial charge >= 0.3 is 6.36 Å². The summed E-state index contributed by atoms with van der Waals surface area (Å²) in [6, 6.07) is 50.2. The van der Waals surface area contributed by atoms with E-state index in [2.05, 4.69) is 222 Å². The smallest absolute Gasteiger partial charge is 0.406 e. The van der Waals surface area contributed by atoms with Crippen molar-refractivity contribution in [2.75, 3.05) is 0 Å². The van der Waals surface area contributed by atoms with Crippen LogP contribution in [0, 0.1) is 81.9 Å². The van der Waals surface area contributed by atoms with Gasteiger partial charge in [0, 0.05) is 6.07 Å². The fourth-order valence-corrected chi connectivity index (χ4v) is 9.21. The maximum Gasteiger partial charge on any atom is 0.573 e. The molecule has 0 aliphatic carbocycles. The maximum absolute atomic E-state index is 13.2. The molecule has 0 amide bonds. The molecule has 0 radical (unpaired) electrons. The predicted octanol–water partition coefficient (Wildman–Crippen LogP) is 25.3. The van der Waals surface area contributed by atoms with Crippen LogP contribution in [0.5, 0.6) is 5.75 Å². The van der Waals surface area contributed by atoms with Crippen LogP contribution < -0.4 is 4.74 Å². The van der Waals surface area contributed by atoms with E-state index in [1.165, 1.54) is 58.1 Å². The fourth-order valence-electron chi connectivity index (χ4n) is 9.21. The van der Waals surface area contributed by atoms with Crippen molar-refractivity contribution < 1.29 is 35.5 Å². The second-order valence-electron chi connectivity index (χ2n) is 32.3. The van der Waals surface area contributed by atoms with E-state index < -0.39 is 18.0 Å². The number of hydrogen-bond acceptors (Lipinski definition) is 1. The summed E-state index contributed by atoms with van der Waals surface area (Å²) in [5.41, 5.74) is 13.4. The highest BCUT2D eigenvalue weighted by atomic mass is 19.4. The highest BCUT2D eigenvalue weighted by Crippen LogP contribution is 2.28. The largest absolute Gasteiger partial charge is 0.573 e. The van der Waals surface area contributed by atoms with Crippen molar-refractivity contribution in [1.82, 2.24) is 0 Å². The second-order valence-corrected chi connectivity index (χ2v) is 32.3. The van der Waals surface area contributed by atoms with Gasteiger partial charge < -0.3 is 4.74 Å². The Kier molecular flexibility index (Phi) is 32.7. The van der Waals surface area contributed by atoms with Gasteiger partial charge in [-0.05, 0) is 191 Å². The van der Waals surface area contributed by atoms with Crippen LogP contribution in [-0.2, 0) is 44.9 Å². The van der Waals surface area contributed by atoms with Gasteiger partial charge in [-0.25, -0.2) is 17.6 Å². The molecule has 1 nitrogen and oxygen atoms in total. The van der Waals surface area contributed by atoms with Gasteiger partial charge in [-0.15, -0.1) is 13.2 Å². The number of hydrogen-bond donors (Lipinski definition) is 0. The summed E-state index contributed by atoms with van der Waals surface area (Å²) >= 11 is 0. The van der Waals surface area contributed by atoms with Crippen LogP contribution in [0.2, 0.25) is 0 Å². The molecule has 8 heteroatoms. The number of benzene rings is 7. The Morgan fingerprint density at radius 2 is 0.551 bits per heavy atom. The topological polar surface area (TPSA) is 9.23 Å². The molecular formula is C81H113F7O. The zero-order valence-electron chi connectivity index (χ0n) is 59.1. The molecule has 89 heavy (non-hydrogen) atoms. The minimum absolute atomic E-state index is 0.0558. The number of aryl methyl sites for hydroxylation is 3. The van der Waals surface area contributed by atoms with Gasteiger partial charge in [-0.1, -0.05) is 272 Å². The van der Waals surface area contributed by atoms with Crippen molar-refractivity contribution in [1.29, 1.82) is 0 Å². The average molecular weight is 1240 g/mol. The van der Waals surface area contributed by atoms with Gasteiger partial charge in [0.25, 0.3) is 0 Å². The molecule has 0 saturated carbocycles. The number of halogens is 7. The molecule has 0 aliphatic rings. The molecule has 7 rings (SSSR count). The van der Waals surface area contributed by atoms with Crippen molar-refractivity contribution in [3.05, 3.63) is 243 Å². The van der Waals surface area contributed by atoms with Crippen molar-refractivity contribution in [2.24, 2.45) is 37.9 Å². The van der Waals surface area contributed by atoms with E-state index in [1.54, 1.807) is 37.3 Å². The molecule has 0 aliphatic heterocycles. The van der Waals surface area contributed by atoms with Crippen LogP contribution in [0.25, 0.3) is 0 Å². The zero-order valence-corrected chi connectivity index (χ0v) is 59.1. The van der Waals surface area contributed by atoms with Gasteiger partial charge in [0.05, 0.1) is 0 Å². The second kappa shape index (κ2) is 36.0. The van der Waals surface area contributed by atoms with E-state index in [1.807, 2.05) is 39.0 Å². The Morgan fingerprint density at radius 3 is 0.876 bits per heavy atom. The third kappa shape index (κ3) is 45.7. The lowest BCUT2D eigenvalue weighted by molar-refractivity contribution is -0.274. The third-order valence-corrected chi connectivity index (χ3v) is 12.4. The maximum atomic E-state index is 13.2. The summed E-state index contributed by atoms with van der Waals surface area (Å²) in [5, 5.41) is 0. The number of alkyl halides is 3. The Hall–Kier alpha value is -6.15. The third-order valence-electron chi connectivity index (χ3n) is 12.4. The van der Waals surface area contributed by atoms with E-state index in [-0.39, 0.29) is 39.0 Å². The quantitative estimate of drug-likeness (QED) is 0.138. The van der Waals surface area contributed by atoms with Gasteiger partial charge in [-0.2, -0.15) is 0 Å². The SMILES string of the molecule is CC(C)(C)Cc1cc(F)cc(F)c1.CC(C)(C)Cc1ccc(OC(F)(F)F)cc1.CC(C)(C)Cc1cccc(F)c1.CC(C)(C)Cc1ccccc1.Cc1ccc(CC(C)(C)C)cc1.Cc1ccc(CC(C)(C)C)cc1.Cc1ccc(CC(C)(C)C)cc1F. The molecule has 0 unspecified atom stereocenters. The summed E-state index contributed by atoms with van der Waals surface area (Å²) < 4.78 is 90.9. The summed E-state index contributed by atoms with van der Waals surface area (Å²) in [5.74, 6) is -1.41. The first-order valence-electron chi connectivity index (χ1n) is 31.3. The van der Waals surface area contributed by atoms with Crippen LogP contribution in [0.3, 0.4) is 0 Å². The predicted molar refractivity (Wildman–Crippen MR) is 368 cm³/mol. The molecular weight excluding hydrogens is 1120 g/mol. The van der Waals surface area contributed by atoms with E-state index in [0.717, 1.165) is 66.8 Å². The standard InChI is InChI=1S/C12H15F3O.C12H17F.2C12H18.C11H14F2.C11H15F.C11H16/c1-11(2,3)8-9-4-6-10(7-5-9)16-12(13,14)15;1-9-5-6-10(7-11(9)13)8-12(2,3)4;2*1-10-5-7-11(8-6-10)9-12(2,3)4;1-11(2,3)7-8-4-9(12)6-10(13)5-8;1-11(2,3)8-9-5-4-6-10(12)7-9;1-11(2,3)9-10-7-5-4-6-8-10/h4-7H,8H2,1-3H3;5-7H,8H2,1-4H3;2*5-8H,9H2,1-4H3;4-6H,7H2,1-3H3;4-7H,8H2,1-3H3;4-8H,9H2,1-3H3.